The van der Waals surface area contributed by atoms with Crippen LogP contribution in [0.3, 0.4) is 0 Å². The maximum Gasteiger partial charge on any atom is 0.324 e. The molecule has 3 aliphatic rings. The summed E-state index contributed by atoms with van der Waals surface area (Å²) in [5.74, 6) is 0.541. The fourth-order valence-electron chi connectivity index (χ4n) is 5.25. The molecule has 1 aromatic heterocycles. The van der Waals surface area contributed by atoms with Crippen LogP contribution in [0.4, 0.5) is 10.5 Å². The number of carbonyl (C=O) groups excluding carboxylic acids is 1. The van der Waals surface area contributed by atoms with E-state index >= 15 is 0 Å². The van der Waals surface area contributed by atoms with Gasteiger partial charge < -0.3 is 4.90 Å². The second kappa shape index (κ2) is 6.42. The zero-order valence-electron chi connectivity index (χ0n) is 15.1. The standard InChI is InChI=1S/C22H25N3O/c26-22(24-12-4-7-16-5-1-2-8-21(16)24)25-19-9-10-20(25)14-18(13-19)17-6-3-11-23-15-17/h1-3,5-6,8,11,15,18-20H,4,7,9-10,12-14H2/t18?,19-,20+. The van der Waals surface area contributed by atoms with E-state index in [0.29, 0.717) is 18.0 Å². The van der Waals surface area contributed by atoms with E-state index in [1.54, 1.807) is 0 Å². The summed E-state index contributed by atoms with van der Waals surface area (Å²) in [7, 11) is 0. The van der Waals surface area contributed by atoms with E-state index in [-0.39, 0.29) is 6.03 Å². The molecular formula is C22H25N3O. The molecule has 5 rings (SSSR count). The number of aromatic nitrogens is 1. The summed E-state index contributed by atoms with van der Waals surface area (Å²) in [6.07, 6.45) is 10.4. The lowest BCUT2D eigenvalue weighted by Crippen LogP contribution is -2.53. The molecule has 134 valence electrons. The van der Waals surface area contributed by atoms with Gasteiger partial charge in [-0.1, -0.05) is 24.3 Å². The van der Waals surface area contributed by atoms with Gasteiger partial charge in [0.05, 0.1) is 0 Å². The highest BCUT2D eigenvalue weighted by Gasteiger charge is 2.45. The van der Waals surface area contributed by atoms with Crippen molar-refractivity contribution in [2.24, 2.45) is 0 Å². The second-order valence-corrected chi connectivity index (χ2v) is 7.91. The molecule has 26 heavy (non-hydrogen) atoms. The van der Waals surface area contributed by atoms with Crippen LogP contribution in [0.1, 0.15) is 49.1 Å². The first-order chi connectivity index (χ1) is 12.8. The van der Waals surface area contributed by atoms with Crippen LogP contribution in [-0.4, -0.2) is 34.5 Å². The van der Waals surface area contributed by atoms with Crippen LogP contribution in [0.2, 0.25) is 0 Å². The van der Waals surface area contributed by atoms with Crippen molar-refractivity contribution in [1.82, 2.24) is 9.88 Å². The number of amides is 2. The van der Waals surface area contributed by atoms with Crippen molar-refractivity contribution < 1.29 is 4.79 Å². The van der Waals surface area contributed by atoms with Crippen LogP contribution in [0, 0.1) is 0 Å². The lowest BCUT2D eigenvalue weighted by Gasteiger charge is -2.42. The van der Waals surface area contributed by atoms with Crippen LogP contribution >= 0.6 is 0 Å². The molecule has 4 nitrogen and oxygen atoms in total. The highest BCUT2D eigenvalue weighted by Crippen LogP contribution is 2.44. The van der Waals surface area contributed by atoms with E-state index in [4.69, 9.17) is 0 Å². The SMILES string of the molecule is O=C(N1CCCc2ccccc21)N1[C@@H]2CC[C@H]1CC(c1cccnc1)C2. The van der Waals surface area contributed by atoms with Crippen LogP contribution in [0.25, 0.3) is 0 Å². The number of hydrogen-bond acceptors (Lipinski definition) is 2. The van der Waals surface area contributed by atoms with Crippen molar-refractivity contribution >= 4 is 11.7 Å². The highest BCUT2D eigenvalue weighted by molar-refractivity contribution is 5.94. The number of piperidine rings is 1. The van der Waals surface area contributed by atoms with Gasteiger partial charge in [-0.05, 0) is 67.7 Å². The highest BCUT2D eigenvalue weighted by atomic mass is 16.2. The normalized spacial score (nSPS) is 27.3. The van der Waals surface area contributed by atoms with Gasteiger partial charge in [-0.25, -0.2) is 4.79 Å². The molecule has 1 unspecified atom stereocenters. The predicted molar refractivity (Wildman–Crippen MR) is 102 cm³/mol. The second-order valence-electron chi connectivity index (χ2n) is 7.91. The molecule has 2 amide bonds. The number of nitrogens with zero attached hydrogens (tertiary/aromatic N) is 3. The fourth-order valence-corrected chi connectivity index (χ4v) is 5.25. The Morgan fingerprint density at radius 2 is 1.85 bits per heavy atom. The van der Waals surface area contributed by atoms with Crippen molar-refractivity contribution in [3.05, 3.63) is 59.9 Å². The van der Waals surface area contributed by atoms with Crippen molar-refractivity contribution in [1.29, 1.82) is 0 Å². The van der Waals surface area contributed by atoms with Crippen molar-refractivity contribution in [3.63, 3.8) is 0 Å². The summed E-state index contributed by atoms with van der Waals surface area (Å²) < 4.78 is 0. The molecule has 4 heterocycles. The van der Waals surface area contributed by atoms with Crippen molar-refractivity contribution in [3.8, 4) is 0 Å². The molecule has 0 saturated carbocycles. The molecule has 2 saturated heterocycles. The van der Waals surface area contributed by atoms with Gasteiger partial charge in [-0.15, -0.1) is 0 Å². The summed E-state index contributed by atoms with van der Waals surface area (Å²) in [5, 5.41) is 0. The van der Waals surface area contributed by atoms with Crippen molar-refractivity contribution in [2.45, 2.75) is 56.5 Å². The Morgan fingerprint density at radius 1 is 1.04 bits per heavy atom. The molecule has 0 N–H and O–H groups in total. The largest absolute Gasteiger partial charge is 0.324 e. The summed E-state index contributed by atoms with van der Waals surface area (Å²) in [5.41, 5.74) is 3.77. The maximum atomic E-state index is 13.5. The topological polar surface area (TPSA) is 36.4 Å². The number of pyridine rings is 1. The summed E-state index contributed by atoms with van der Waals surface area (Å²) >= 11 is 0. The number of rotatable bonds is 1. The van der Waals surface area contributed by atoms with Gasteiger partial charge in [-0.3, -0.25) is 9.88 Å². The molecule has 0 spiro atoms. The zero-order chi connectivity index (χ0) is 17.5. The quantitative estimate of drug-likeness (QED) is 0.768. The number of aryl methyl sites for hydroxylation is 1. The number of anilines is 1. The van der Waals surface area contributed by atoms with E-state index in [9.17, 15) is 4.79 Å². The van der Waals surface area contributed by atoms with Gasteiger partial charge in [-0.2, -0.15) is 0 Å². The van der Waals surface area contributed by atoms with Gasteiger partial charge in [0.1, 0.15) is 0 Å². The molecule has 0 aliphatic carbocycles. The van der Waals surface area contributed by atoms with Gasteiger partial charge in [0.25, 0.3) is 0 Å². The minimum Gasteiger partial charge on any atom is -0.318 e. The lowest BCUT2D eigenvalue weighted by molar-refractivity contribution is 0.143. The Bertz CT molecular complexity index is 792. The zero-order valence-corrected chi connectivity index (χ0v) is 15.1. The first-order valence-corrected chi connectivity index (χ1v) is 9.89. The average molecular weight is 347 g/mol. The van der Waals surface area contributed by atoms with Gasteiger partial charge in [0.15, 0.2) is 0 Å². The molecule has 3 aliphatic heterocycles. The molecule has 2 bridgehead atoms. The first-order valence-electron chi connectivity index (χ1n) is 9.89. The molecular weight excluding hydrogens is 322 g/mol. The molecule has 1 aromatic carbocycles. The van der Waals surface area contributed by atoms with Gasteiger partial charge in [0.2, 0.25) is 0 Å². The molecule has 2 aromatic rings. The minimum absolute atomic E-state index is 0.231. The number of carbonyl (C=O) groups is 1. The third kappa shape index (κ3) is 2.59. The van der Waals surface area contributed by atoms with Crippen LogP contribution in [0.5, 0.6) is 0 Å². The van der Waals surface area contributed by atoms with E-state index in [2.05, 4.69) is 34.1 Å². The average Bonchev–Trinajstić information content (AvgIpc) is 2.97. The number of benzene rings is 1. The fraction of sp³-hybridized carbons (Fsp3) is 0.455. The lowest BCUT2D eigenvalue weighted by atomic mass is 9.86. The van der Waals surface area contributed by atoms with Gasteiger partial charge >= 0.3 is 6.03 Å². The van der Waals surface area contributed by atoms with E-state index < -0.39 is 0 Å². The number of para-hydroxylation sites is 1. The summed E-state index contributed by atoms with van der Waals surface area (Å²) in [6.45, 7) is 0.845. The predicted octanol–water partition coefficient (Wildman–Crippen LogP) is 4.36. The van der Waals surface area contributed by atoms with E-state index in [1.807, 2.05) is 29.4 Å². The molecule has 0 radical (unpaired) electrons. The third-order valence-electron chi connectivity index (χ3n) is 6.45. The first kappa shape index (κ1) is 15.9. The van der Waals surface area contributed by atoms with Crippen LogP contribution in [0.15, 0.2) is 48.8 Å². The molecule has 4 heteroatoms. The summed E-state index contributed by atoms with van der Waals surface area (Å²) in [6, 6.07) is 13.6. The Kier molecular flexibility index (Phi) is 3.92. The molecule has 3 atom stereocenters. The van der Waals surface area contributed by atoms with Crippen LogP contribution < -0.4 is 4.90 Å². The Hall–Kier alpha value is -2.36. The Labute approximate surface area is 154 Å². The van der Waals surface area contributed by atoms with E-state index in [1.165, 1.54) is 11.1 Å². The van der Waals surface area contributed by atoms with Crippen LogP contribution in [-0.2, 0) is 6.42 Å². The Morgan fingerprint density at radius 3 is 2.62 bits per heavy atom. The van der Waals surface area contributed by atoms with Crippen molar-refractivity contribution in [2.75, 3.05) is 11.4 Å². The van der Waals surface area contributed by atoms with Gasteiger partial charge in [0, 0.05) is 36.7 Å². The summed E-state index contributed by atoms with van der Waals surface area (Å²) in [4.78, 5) is 22.0. The third-order valence-corrected chi connectivity index (χ3v) is 6.45. The van der Waals surface area contributed by atoms with E-state index in [0.717, 1.165) is 50.8 Å². The maximum absolute atomic E-state index is 13.5. The number of urea groups is 1. The smallest absolute Gasteiger partial charge is 0.318 e. The minimum atomic E-state index is 0.231. The Balaban J connectivity index is 1.38. The monoisotopic (exact) mass is 347 g/mol. The number of hydrogen-bond donors (Lipinski definition) is 0. The molecule has 2 fully saturated rings. The number of fused-ring (bicyclic) bond motifs is 3.